The van der Waals surface area contributed by atoms with Gasteiger partial charge in [0.1, 0.15) is 5.54 Å². The molecule has 2 aromatic rings. The van der Waals surface area contributed by atoms with Gasteiger partial charge in [0.15, 0.2) is 5.78 Å². The molecule has 1 aliphatic heterocycles. The van der Waals surface area contributed by atoms with Gasteiger partial charge >= 0.3 is 6.03 Å². The SMILES string of the molecule is COC[C@@H](C)n1c(C)cc(C(=O)CN2C(=O)N[C@](C)(c3ccc4c(c3)CCC4)C2=O)c1C. The predicted octanol–water partition coefficient (Wildman–Crippen LogP) is 3.45. The van der Waals surface area contributed by atoms with Gasteiger partial charge in [-0.05, 0) is 69.7 Å². The van der Waals surface area contributed by atoms with Crippen LogP contribution in [0.1, 0.15) is 64.7 Å². The number of urea groups is 1. The molecular weight excluding hydrogens is 406 g/mol. The molecule has 1 N–H and O–H groups in total. The summed E-state index contributed by atoms with van der Waals surface area (Å²) in [6.07, 6.45) is 3.15. The Morgan fingerprint density at radius 3 is 2.62 bits per heavy atom. The van der Waals surface area contributed by atoms with E-state index in [2.05, 4.69) is 9.88 Å². The van der Waals surface area contributed by atoms with E-state index in [9.17, 15) is 14.4 Å². The van der Waals surface area contributed by atoms with E-state index in [0.717, 1.165) is 41.1 Å². The minimum atomic E-state index is -1.17. The first-order chi connectivity index (χ1) is 15.2. The fraction of sp³-hybridized carbons (Fsp3) is 0.480. The van der Waals surface area contributed by atoms with Crippen molar-refractivity contribution in [1.82, 2.24) is 14.8 Å². The summed E-state index contributed by atoms with van der Waals surface area (Å²) in [6, 6.07) is 7.35. The minimum absolute atomic E-state index is 0.0707. The highest BCUT2D eigenvalue weighted by atomic mass is 16.5. The average Bonchev–Trinajstić information content (AvgIpc) is 3.39. The van der Waals surface area contributed by atoms with Crippen LogP contribution in [-0.4, -0.2) is 47.4 Å². The lowest BCUT2D eigenvalue weighted by atomic mass is 9.89. The molecule has 1 aliphatic carbocycles. The maximum absolute atomic E-state index is 13.3. The number of ketones is 1. The highest BCUT2D eigenvalue weighted by Gasteiger charge is 2.49. The van der Waals surface area contributed by atoms with Crippen LogP contribution in [0.25, 0.3) is 0 Å². The van der Waals surface area contributed by atoms with E-state index in [1.807, 2.05) is 45.0 Å². The summed E-state index contributed by atoms with van der Waals surface area (Å²) in [5, 5.41) is 2.82. The molecule has 2 atom stereocenters. The van der Waals surface area contributed by atoms with E-state index in [-0.39, 0.29) is 18.4 Å². The van der Waals surface area contributed by atoms with Gasteiger partial charge in [-0.1, -0.05) is 18.2 Å². The van der Waals surface area contributed by atoms with Gasteiger partial charge in [-0.25, -0.2) is 4.79 Å². The van der Waals surface area contributed by atoms with E-state index in [0.29, 0.717) is 12.2 Å². The Bertz CT molecular complexity index is 1100. The molecule has 3 amide bonds. The molecule has 1 aromatic carbocycles. The number of carbonyl (C=O) groups excluding carboxylic acids is 3. The molecule has 7 heteroatoms. The Kier molecular flexibility index (Phi) is 5.71. The molecule has 1 saturated heterocycles. The van der Waals surface area contributed by atoms with Crippen LogP contribution in [0.3, 0.4) is 0 Å². The number of nitrogens with zero attached hydrogens (tertiary/aromatic N) is 2. The van der Waals surface area contributed by atoms with Crippen molar-refractivity contribution in [1.29, 1.82) is 0 Å². The second-order valence-electron chi connectivity index (χ2n) is 9.17. The highest BCUT2D eigenvalue weighted by molar-refractivity contribution is 6.11. The lowest BCUT2D eigenvalue weighted by molar-refractivity contribution is -0.130. The lowest BCUT2D eigenvalue weighted by Gasteiger charge is -2.23. The zero-order chi connectivity index (χ0) is 23.2. The maximum atomic E-state index is 13.3. The highest BCUT2D eigenvalue weighted by Crippen LogP contribution is 2.33. The van der Waals surface area contributed by atoms with Gasteiger partial charge in [0.25, 0.3) is 5.91 Å². The van der Waals surface area contributed by atoms with Crippen molar-refractivity contribution in [3.05, 3.63) is 57.9 Å². The Hall–Kier alpha value is -2.93. The number of amides is 3. The van der Waals surface area contributed by atoms with Gasteiger partial charge in [0, 0.05) is 24.1 Å². The van der Waals surface area contributed by atoms with Crippen molar-refractivity contribution in [2.45, 2.75) is 58.5 Å². The first-order valence-corrected chi connectivity index (χ1v) is 11.1. The molecule has 2 aliphatic rings. The summed E-state index contributed by atoms with van der Waals surface area (Å²) < 4.78 is 7.31. The smallest absolute Gasteiger partial charge is 0.325 e. The molecule has 0 bridgehead atoms. The van der Waals surface area contributed by atoms with Crippen LogP contribution in [0.5, 0.6) is 0 Å². The summed E-state index contributed by atoms with van der Waals surface area (Å²) >= 11 is 0. The third-order valence-electron chi connectivity index (χ3n) is 6.89. The topological polar surface area (TPSA) is 80.6 Å². The van der Waals surface area contributed by atoms with Crippen molar-refractivity contribution >= 4 is 17.7 Å². The van der Waals surface area contributed by atoms with Crippen LogP contribution in [0, 0.1) is 13.8 Å². The Morgan fingerprint density at radius 1 is 1.19 bits per heavy atom. The number of aryl methyl sites for hydroxylation is 3. The van der Waals surface area contributed by atoms with E-state index in [1.54, 1.807) is 14.0 Å². The van der Waals surface area contributed by atoms with Crippen molar-refractivity contribution in [3.8, 4) is 0 Å². The van der Waals surface area contributed by atoms with Crippen LogP contribution in [0.15, 0.2) is 24.3 Å². The van der Waals surface area contributed by atoms with Gasteiger partial charge in [0.2, 0.25) is 0 Å². The number of carbonyl (C=O) groups is 3. The molecule has 0 saturated carbocycles. The van der Waals surface area contributed by atoms with Crippen molar-refractivity contribution in [2.24, 2.45) is 0 Å². The van der Waals surface area contributed by atoms with Gasteiger partial charge in [0.05, 0.1) is 19.2 Å². The summed E-state index contributed by atoms with van der Waals surface area (Å²) in [4.78, 5) is 40.3. The minimum Gasteiger partial charge on any atom is -0.383 e. The molecule has 7 nitrogen and oxygen atoms in total. The van der Waals surface area contributed by atoms with Gasteiger partial charge in [-0.15, -0.1) is 0 Å². The summed E-state index contributed by atoms with van der Waals surface area (Å²) in [7, 11) is 1.65. The molecule has 0 radical (unpaired) electrons. The quantitative estimate of drug-likeness (QED) is 0.531. The molecular formula is C25H31N3O4. The number of hydrogen-bond donors (Lipinski definition) is 1. The molecule has 1 aromatic heterocycles. The van der Waals surface area contributed by atoms with Gasteiger partial charge in [-0.3, -0.25) is 14.5 Å². The number of fused-ring (bicyclic) bond motifs is 1. The third kappa shape index (κ3) is 3.54. The lowest BCUT2D eigenvalue weighted by Crippen LogP contribution is -2.41. The summed E-state index contributed by atoms with van der Waals surface area (Å²) in [6.45, 7) is 7.80. The fourth-order valence-corrected chi connectivity index (χ4v) is 5.20. The molecule has 0 unspecified atom stereocenters. The molecule has 0 spiro atoms. The normalized spacial score (nSPS) is 21.1. The number of ether oxygens (including phenoxy) is 1. The van der Waals surface area contributed by atoms with E-state index in [1.165, 1.54) is 11.1 Å². The largest absolute Gasteiger partial charge is 0.383 e. The second-order valence-corrected chi connectivity index (χ2v) is 9.17. The standard InChI is InChI=1S/C25H31N3O4/c1-15-11-21(17(3)28(15)16(2)14-32-5)22(29)13-27-23(30)25(4,26-24(27)31)20-10-9-18-7-6-8-19(18)12-20/h9-12,16H,6-8,13-14H2,1-5H3,(H,26,31)/t16-,25-/m1/s1. The predicted molar refractivity (Wildman–Crippen MR) is 121 cm³/mol. The van der Waals surface area contributed by atoms with E-state index < -0.39 is 17.5 Å². The molecule has 170 valence electrons. The first kappa shape index (κ1) is 22.3. The number of aromatic nitrogens is 1. The molecule has 32 heavy (non-hydrogen) atoms. The number of hydrogen-bond acceptors (Lipinski definition) is 4. The van der Waals surface area contributed by atoms with Crippen LogP contribution >= 0.6 is 0 Å². The monoisotopic (exact) mass is 437 g/mol. The Labute approximate surface area is 188 Å². The van der Waals surface area contributed by atoms with Crippen LogP contribution < -0.4 is 5.32 Å². The molecule has 1 fully saturated rings. The zero-order valence-corrected chi connectivity index (χ0v) is 19.4. The number of methoxy groups -OCH3 is 1. The van der Waals surface area contributed by atoms with Crippen LogP contribution in [-0.2, 0) is 27.9 Å². The van der Waals surface area contributed by atoms with Crippen LogP contribution in [0.4, 0.5) is 4.79 Å². The zero-order valence-electron chi connectivity index (χ0n) is 19.4. The summed E-state index contributed by atoms with van der Waals surface area (Å²) in [5.41, 5.74) is 4.41. The maximum Gasteiger partial charge on any atom is 0.325 e. The van der Waals surface area contributed by atoms with Crippen molar-refractivity contribution < 1.29 is 19.1 Å². The van der Waals surface area contributed by atoms with Crippen LogP contribution in [0.2, 0.25) is 0 Å². The average molecular weight is 438 g/mol. The molecule has 2 heterocycles. The third-order valence-corrected chi connectivity index (χ3v) is 6.89. The first-order valence-electron chi connectivity index (χ1n) is 11.1. The fourth-order valence-electron chi connectivity index (χ4n) is 5.20. The Morgan fingerprint density at radius 2 is 1.91 bits per heavy atom. The number of nitrogens with one attached hydrogen (secondary N) is 1. The van der Waals surface area contributed by atoms with E-state index >= 15 is 0 Å². The van der Waals surface area contributed by atoms with E-state index in [4.69, 9.17) is 4.74 Å². The number of Topliss-reactive ketones (excluding diaryl/α,β-unsaturated/α-hetero) is 1. The van der Waals surface area contributed by atoms with Crippen molar-refractivity contribution in [3.63, 3.8) is 0 Å². The number of benzene rings is 1. The number of imide groups is 1. The second kappa shape index (κ2) is 8.20. The summed E-state index contributed by atoms with van der Waals surface area (Å²) in [5.74, 6) is -0.647. The van der Waals surface area contributed by atoms with Crippen molar-refractivity contribution in [2.75, 3.05) is 20.3 Å². The molecule has 4 rings (SSSR count). The number of rotatable bonds is 7. The Balaban J connectivity index is 1.57. The van der Waals surface area contributed by atoms with Gasteiger partial charge in [-0.2, -0.15) is 0 Å². The van der Waals surface area contributed by atoms with Gasteiger partial charge < -0.3 is 14.6 Å².